The minimum absolute atomic E-state index is 0.272. The summed E-state index contributed by atoms with van der Waals surface area (Å²) in [5.74, 6) is 0.833. The van der Waals surface area contributed by atoms with Crippen molar-refractivity contribution in [3.8, 4) is 11.5 Å². The first-order valence-electron chi connectivity index (χ1n) is 9.89. The molecular weight excluding hydrogens is 382 g/mol. The molecule has 30 heavy (non-hydrogen) atoms. The van der Waals surface area contributed by atoms with Crippen LogP contribution in [0.2, 0.25) is 0 Å². The lowest BCUT2D eigenvalue weighted by molar-refractivity contribution is -0.135. The van der Waals surface area contributed by atoms with Gasteiger partial charge < -0.3 is 19.3 Å². The molecule has 0 bridgehead atoms. The lowest BCUT2D eigenvalue weighted by Crippen LogP contribution is -2.47. The number of rotatable bonds is 5. The van der Waals surface area contributed by atoms with E-state index >= 15 is 0 Å². The van der Waals surface area contributed by atoms with E-state index in [1.54, 1.807) is 20.3 Å². The molecule has 2 heterocycles. The molecule has 156 valence electrons. The number of hydrogen-bond donors (Lipinski definition) is 0. The summed E-state index contributed by atoms with van der Waals surface area (Å²) in [7, 11) is 4.76. The van der Waals surface area contributed by atoms with Crippen LogP contribution < -0.4 is 14.4 Å². The van der Waals surface area contributed by atoms with E-state index in [0.717, 1.165) is 11.4 Å². The second-order valence-corrected chi connectivity index (χ2v) is 7.24. The van der Waals surface area contributed by atoms with Crippen LogP contribution in [0.15, 0.2) is 54.2 Å². The number of carbonyl (C=O) groups excluding carboxylic acids is 2. The van der Waals surface area contributed by atoms with Crippen molar-refractivity contribution < 1.29 is 19.1 Å². The average Bonchev–Trinajstić information content (AvgIpc) is 3.03. The van der Waals surface area contributed by atoms with Gasteiger partial charge in [-0.05, 0) is 18.2 Å². The van der Waals surface area contributed by atoms with Crippen molar-refractivity contribution in [1.82, 2.24) is 9.80 Å². The van der Waals surface area contributed by atoms with Gasteiger partial charge in [0, 0.05) is 38.8 Å². The molecule has 0 N–H and O–H groups in total. The van der Waals surface area contributed by atoms with Crippen LogP contribution in [0.5, 0.6) is 11.5 Å². The molecule has 0 saturated carbocycles. The van der Waals surface area contributed by atoms with Crippen LogP contribution in [0.4, 0.5) is 5.69 Å². The molecule has 2 aromatic rings. The number of amides is 2. The first-order chi connectivity index (χ1) is 14.6. The molecule has 2 aromatic carbocycles. The zero-order valence-corrected chi connectivity index (χ0v) is 17.4. The van der Waals surface area contributed by atoms with Gasteiger partial charge in [0.1, 0.15) is 17.2 Å². The van der Waals surface area contributed by atoms with E-state index in [9.17, 15) is 9.59 Å². The molecule has 7 heteroatoms. The number of carbonyl (C=O) groups is 2. The Hall–Kier alpha value is -3.48. The van der Waals surface area contributed by atoms with E-state index in [0.29, 0.717) is 48.8 Å². The summed E-state index contributed by atoms with van der Waals surface area (Å²) in [6, 6.07) is 15.2. The van der Waals surface area contributed by atoms with Gasteiger partial charge >= 0.3 is 0 Å². The summed E-state index contributed by atoms with van der Waals surface area (Å²) in [4.78, 5) is 31.4. The molecule has 2 aliphatic heterocycles. The minimum atomic E-state index is -0.299. The molecule has 2 amide bonds. The van der Waals surface area contributed by atoms with Crippen LogP contribution in [0, 0.1) is 0 Å². The van der Waals surface area contributed by atoms with E-state index in [-0.39, 0.29) is 11.8 Å². The number of para-hydroxylation sites is 3. The molecular formula is C23H25N3O4. The quantitative estimate of drug-likeness (QED) is 0.709. The number of imide groups is 1. The fraction of sp³-hybridized carbons (Fsp3) is 0.304. The van der Waals surface area contributed by atoms with Crippen molar-refractivity contribution in [2.75, 3.05) is 52.3 Å². The lowest BCUT2D eigenvalue weighted by Gasteiger charge is -2.38. The molecule has 1 fully saturated rings. The molecule has 0 unspecified atom stereocenters. The zero-order valence-electron chi connectivity index (χ0n) is 17.4. The molecule has 0 atom stereocenters. The Morgan fingerprint density at radius 1 is 0.733 bits per heavy atom. The largest absolute Gasteiger partial charge is 0.496 e. The summed E-state index contributed by atoms with van der Waals surface area (Å²) < 4.78 is 10.9. The van der Waals surface area contributed by atoms with Gasteiger partial charge in [0.05, 0.1) is 25.5 Å². The number of ether oxygens (including phenoxy) is 2. The topological polar surface area (TPSA) is 62.3 Å². The number of piperazine rings is 1. The van der Waals surface area contributed by atoms with Gasteiger partial charge in [0.25, 0.3) is 11.8 Å². The lowest BCUT2D eigenvalue weighted by atomic mass is 10.0. The third kappa shape index (κ3) is 3.26. The Bertz CT molecular complexity index is 1010. The van der Waals surface area contributed by atoms with Crippen LogP contribution in [-0.4, -0.2) is 69.1 Å². The third-order valence-electron chi connectivity index (χ3n) is 5.66. The Morgan fingerprint density at radius 3 is 1.97 bits per heavy atom. The van der Waals surface area contributed by atoms with Crippen LogP contribution >= 0.6 is 0 Å². The van der Waals surface area contributed by atoms with E-state index in [4.69, 9.17) is 9.47 Å². The first-order valence-corrected chi connectivity index (χ1v) is 9.89. The SMILES string of the molecule is COc1ccccc1C1=C(N2CCN(c3ccccc3OC)CC2)C(=O)N(C)C1=O. The highest BCUT2D eigenvalue weighted by atomic mass is 16.5. The van der Waals surface area contributed by atoms with Gasteiger partial charge in [-0.15, -0.1) is 0 Å². The van der Waals surface area contributed by atoms with Gasteiger partial charge in [-0.3, -0.25) is 14.5 Å². The zero-order chi connectivity index (χ0) is 21.3. The van der Waals surface area contributed by atoms with E-state index < -0.39 is 0 Å². The van der Waals surface area contributed by atoms with Crippen LogP contribution in [-0.2, 0) is 9.59 Å². The number of nitrogens with zero attached hydrogens (tertiary/aromatic N) is 3. The van der Waals surface area contributed by atoms with Crippen molar-refractivity contribution in [1.29, 1.82) is 0 Å². The van der Waals surface area contributed by atoms with Gasteiger partial charge in [-0.2, -0.15) is 0 Å². The minimum Gasteiger partial charge on any atom is -0.496 e. The predicted octanol–water partition coefficient (Wildman–Crippen LogP) is 2.24. The highest BCUT2D eigenvalue weighted by molar-refractivity contribution is 6.35. The van der Waals surface area contributed by atoms with Crippen LogP contribution in [0.1, 0.15) is 5.56 Å². The number of methoxy groups -OCH3 is 2. The highest BCUT2D eigenvalue weighted by Crippen LogP contribution is 2.36. The Morgan fingerprint density at radius 2 is 1.30 bits per heavy atom. The third-order valence-corrected chi connectivity index (χ3v) is 5.66. The summed E-state index contributed by atoms with van der Waals surface area (Å²) in [5.41, 5.74) is 2.53. The van der Waals surface area contributed by atoms with E-state index in [1.165, 1.54) is 11.9 Å². The van der Waals surface area contributed by atoms with Crippen molar-refractivity contribution in [2.24, 2.45) is 0 Å². The predicted molar refractivity (Wildman–Crippen MR) is 114 cm³/mol. The van der Waals surface area contributed by atoms with Crippen LogP contribution in [0.3, 0.4) is 0 Å². The second kappa shape index (κ2) is 8.10. The number of anilines is 1. The molecule has 7 nitrogen and oxygen atoms in total. The van der Waals surface area contributed by atoms with Crippen molar-refractivity contribution in [3.63, 3.8) is 0 Å². The molecule has 1 saturated heterocycles. The maximum Gasteiger partial charge on any atom is 0.277 e. The average molecular weight is 407 g/mol. The maximum atomic E-state index is 13.0. The summed E-state index contributed by atoms with van der Waals surface area (Å²) in [6.45, 7) is 2.68. The second-order valence-electron chi connectivity index (χ2n) is 7.24. The monoisotopic (exact) mass is 407 g/mol. The smallest absolute Gasteiger partial charge is 0.277 e. The molecule has 0 aromatic heterocycles. The standard InChI is InChI=1S/C23H25N3O4/c1-24-22(27)20(16-8-4-6-10-18(16)29-2)21(23(24)28)26-14-12-25(13-15-26)17-9-5-7-11-19(17)30-3/h4-11H,12-15H2,1-3H3. The molecule has 0 radical (unpaired) electrons. The first kappa shape index (κ1) is 19.8. The summed E-state index contributed by atoms with van der Waals surface area (Å²) >= 11 is 0. The molecule has 0 aliphatic carbocycles. The van der Waals surface area contributed by atoms with Gasteiger partial charge in [0.2, 0.25) is 0 Å². The Kier molecular flexibility index (Phi) is 5.35. The summed E-state index contributed by atoms with van der Waals surface area (Å²) in [5, 5.41) is 0. The Balaban J connectivity index is 1.66. The number of benzene rings is 2. The highest BCUT2D eigenvalue weighted by Gasteiger charge is 2.41. The van der Waals surface area contributed by atoms with Crippen molar-refractivity contribution in [2.45, 2.75) is 0 Å². The number of hydrogen-bond acceptors (Lipinski definition) is 6. The van der Waals surface area contributed by atoms with E-state index in [2.05, 4.69) is 4.90 Å². The fourth-order valence-corrected chi connectivity index (χ4v) is 4.08. The van der Waals surface area contributed by atoms with E-state index in [1.807, 2.05) is 47.4 Å². The summed E-state index contributed by atoms with van der Waals surface area (Å²) in [6.07, 6.45) is 0. The molecule has 2 aliphatic rings. The van der Waals surface area contributed by atoms with Gasteiger partial charge in [0.15, 0.2) is 0 Å². The normalized spacial score (nSPS) is 17.1. The van der Waals surface area contributed by atoms with Gasteiger partial charge in [-0.1, -0.05) is 30.3 Å². The van der Waals surface area contributed by atoms with Crippen molar-refractivity contribution in [3.05, 3.63) is 59.8 Å². The van der Waals surface area contributed by atoms with Gasteiger partial charge in [-0.25, -0.2) is 0 Å². The molecule has 4 rings (SSSR count). The maximum absolute atomic E-state index is 13.0. The molecule has 0 spiro atoms. The number of likely N-dealkylation sites (N-methyl/N-ethyl adjacent to an activating group) is 1. The fourth-order valence-electron chi connectivity index (χ4n) is 4.08. The van der Waals surface area contributed by atoms with Crippen LogP contribution in [0.25, 0.3) is 5.57 Å². The Labute approximate surface area is 176 Å². The van der Waals surface area contributed by atoms with Crippen molar-refractivity contribution >= 4 is 23.1 Å².